The summed E-state index contributed by atoms with van der Waals surface area (Å²) in [6, 6.07) is 16.9. The number of benzene rings is 2. The van der Waals surface area contributed by atoms with Crippen molar-refractivity contribution in [3.63, 3.8) is 0 Å². The average Bonchev–Trinajstić information content (AvgIpc) is 2.62. The number of sulfonamides is 1. The SMILES string of the molecule is C=C(O)c1ccccc1CS(=O)(=O)N1CCN(c2ccccc2)CC1. The van der Waals surface area contributed by atoms with Gasteiger partial charge in [-0.2, -0.15) is 4.31 Å². The highest BCUT2D eigenvalue weighted by atomic mass is 32.2. The molecule has 0 aliphatic carbocycles. The fraction of sp³-hybridized carbons (Fsp3) is 0.263. The van der Waals surface area contributed by atoms with Gasteiger partial charge in [0.1, 0.15) is 5.76 Å². The van der Waals surface area contributed by atoms with Gasteiger partial charge in [-0.05, 0) is 17.7 Å². The molecule has 0 amide bonds. The van der Waals surface area contributed by atoms with Crippen LogP contribution in [0.15, 0.2) is 61.2 Å². The Labute approximate surface area is 148 Å². The van der Waals surface area contributed by atoms with Crippen molar-refractivity contribution in [2.45, 2.75) is 5.75 Å². The van der Waals surface area contributed by atoms with Crippen LogP contribution >= 0.6 is 0 Å². The van der Waals surface area contributed by atoms with Crippen LogP contribution in [-0.2, 0) is 15.8 Å². The van der Waals surface area contributed by atoms with Crippen LogP contribution in [0.2, 0.25) is 0 Å². The molecule has 132 valence electrons. The van der Waals surface area contributed by atoms with Gasteiger partial charge in [-0.3, -0.25) is 0 Å². The molecule has 1 aliphatic rings. The van der Waals surface area contributed by atoms with Crippen LogP contribution in [0.3, 0.4) is 0 Å². The monoisotopic (exact) mass is 358 g/mol. The minimum atomic E-state index is -3.44. The Hall–Kier alpha value is -2.31. The Bertz CT molecular complexity index is 842. The third-order valence-electron chi connectivity index (χ3n) is 4.42. The number of anilines is 1. The molecule has 1 N–H and O–H groups in total. The summed E-state index contributed by atoms with van der Waals surface area (Å²) in [4.78, 5) is 2.19. The van der Waals surface area contributed by atoms with Gasteiger partial charge in [0.05, 0.1) is 5.75 Å². The summed E-state index contributed by atoms with van der Waals surface area (Å²) in [6.45, 7) is 5.76. The quantitative estimate of drug-likeness (QED) is 0.835. The first-order valence-corrected chi connectivity index (χ1v) is 9.82. The molecule has 2 aromatic rings. The lowest BCUT2D eigenvalue weighted by atomic mass is 10.1. The number of rotatable bonds is 5. The first-order valence-electron chi connectivity index (χ1n) is 8.21. The van der Waals surface area contributed by atoms with Crippen LogP contribution in [0, 0.1) is 0 Å². The highest BCUT2D eigenvalue weighted by molar-refractivity contribution is 7.88. The summed E-state index contributed by atoms with van der Waals surface area (Å²) in [5.74, 6) is -0.242. The summed E-state index contributed by atoms with van der Waals surface area (Å²) in [6.07, 6.45) is 0. The lowest BCUT2D eigenvalue weighted by Gasteiger charge is -2.35. The molecule has 6 heteroatoms. The molecule has 2 aromatic carbocycles. The lowest BCUT2D eigenvalue weighted by Crippen LogP contribution is -2.49. The zero-order valence-corrected chi connectivity index (χ0v) is 14.8. The molecule has 1 heterocycles. The molecular formula is C19H22N2O3S. The number of nitrogens with zero attached hydrogens (tertiary/aromatic N) is 2. The summed E-state index contributed by atoms with van der Waals surface area (Å²) >= 11 is 0. The van der Waals surface area contributed by atoms with Gasteiger partial charge in [0.25, 0.3) is 0 Å². The highest BCUT2D eigenvalue weighted by Gasteiger charge is 2.28. The van der Waals surface area contributed by atoms with E-state index in [4.69, 9.17) is 0 Å². The van der Waals surface area contributed by atoms with Gasteiger partial charge in [0.15, 0.2) is 0 Å². The topological polar surface area (TPSA) is 60.9 Å². The largest absolute Gasteiger partial charge is 0.508 e. The van der Waals surface area contributed by atoms with Crippen molar-refractivity contribution in [1.29, 1.82) is 0 Å². The third kappa shape index (κ3) is 4.03. The summed E-state index contributed by atoms with van der Waals surface area (Å²) in [5, 5.41) is 9.66. The number of hydrogen-bond donors (Lipinski definition) is 1. The minimum Gasteiger partial charge on any atom is -0.508 e. The Morgan fingerprint density at radius 3 is 2.20 bits per heavy atom. The molecule has 1 saturated heterocycles. The Balaban J connectivity index is 1.69. The Morgan fingerprint density at radius 1 is 0.960 bits per heavy atom. The van der Waals surface area contributed by atoms with E-state index in [1.807, 2.05) is 30.3 Å². The van der Waals surface area contributed by atoms with Crippen molar-refractivity contribution in [2.75, 3.05) is 31.1 Å². The predicted octanol–water partition coefficient (Wildman–Crippen LogP) is 2.87. The first-order chi connectivity index (χ1) is 12.0. The van der Waals surface area contributed by atoms with Crippen molar-refractivity contribution in [3.8, 4) is 0 Å². The number of hydrogen-bond acceptors (Lipinski definition) is 4. The standard InChI is InChI=1S/C19H22N2O3S/c1-16(22)19-10-6-5-7-17(19)15-25(23,24)21-13-11-20(12-14-21)18-8-3-2-4-9-18/h2-10,22H,1,11-15H2. The Morgan fingerprint density at radius 2 is 1.56 bits per heavy atom. The van der Waals surface area contributed by atoms with Crippen molar-refractivity contribution in [3.05, 3.63) is 72.3 Å². The second-order valence-corrected chi connectivity index (χ2v) is 8.05. The second-order valence-electron chi connectivity index (χ2n) is 6.08. The van der Waals surface area contributed by atoms with Crippen molar-refractivity contribution in [2.24, 2.45) is 0 Å². The predicted molar refractivity (Wildman–Crippen MR) is 101 cm³/mol. The highest BCUT2D eigenvalue weighted by Crippen LogP contribution is 2.22. The molecular weight excluding hydrogens is 336 g/mol. The average molecular weight is 358 g/mol. The van der Waals surface area contributed by atoms with Crippen LogP contribution < -0.4 is 4.90 Å². The van der Waals surface area contributed by atoms with E-state index >= 15 is 0 Å². The van der Waals surface area contributed by atoms with Gasteiger partial charge in [0, 0.05) is 37.4 Å². The molecule has 0 saturated carbocycles. The summed E-state index contributed by atoms with van der Waals surface area (Å²) < 4.78 is 27.1. The van der Waals surface area contributed by atoms with E-state index in [-0.39, 0.29) is 11.5 Å². The molecule has 0 radical (unpaired) electrons. The number of piperazine rings is 1. The zero-order chi connectivity index (χ0) is 17.9. The fourth-order valence-electron chi connectivity index (χ4n) is 3.08. The van der Waals surface area contributed by atoms with Crippen molar-refractivity contribution in [1.82, 2.24) is 4.31 Å². The van der Waals surface area contributed by atoms with E-state index in [0.717, 1.165) is 5.69 Å². The van der Waals surface area contributed by atoms with Crippen LogP contribution in [0.25, 0.3) is 5.76 Å². The molecule has 3 rings (SSSR count). The summed E-state index contributed by atoms with van der Waals surface area (Å²) in [7, 11) is -3.44. The van der Waals surface area contributed by atoms with Crippen LogP contribution in [0.5, 0.6) is 0 Å². The number of aliphatic hydroxyl groups excluding tert-OH is 1. The smallest absolute Gasteiger partial charge is 0.218 e. The molecule has 5 nitrogen and oxygen atoms in total. The van der Waals surface area contributed by atoms with Crippen LogP contribution in [0.1, 0.15) is 11.1 Å². The van der Waals surface area contributed by atoms with Gasteiger partial charge < -0.3 is 10.0 Å². The maximum absolute atomic E-state index is 12.8. The van der Waals surface area contributed by atoms with E-state index in [0.29, 0.717) is 37.3 Å². The fourth-order valence-corrected chi connectivity index (χ4v) is 4.63. The van der Waals surface area contributed by atoms with E-state index in [9.17, 15) is 13.5 Å². The van der Waals surface area contributed by atoms with Crippen LogP contribution in [-0.4, -0.2) is 44.0 Å². The zero-order valence-electron chi connectivity index (χ0n) is 14.0. The van der Waals surface area contributed by atoms with Gasteiger partial charge in [-0.1, -0.05) is 49.0 Å². The van der Waals surface area contributed by atoms with Gasteiger partial charge >= 0.3 is 0 Å². The number of aliphatic hydroxyl groups is 1. The van der Waals surface area contributed by atoms with Gasteiger partial charge in [0.2, 0.25) is 10.0 Å². The van der Waals surface area contributed by atoms with Crippen LogP contribution in [0.4, 0.5) is 5.69 Å². The van der Waals surface area contributed by atoms with Crippen molar-refractivity contribution < 1.29 is 13.5 Å². The van der Waals surface area contributed by atoms with Crippen molar-refractivity contribution >= 4 is 21.5 Å². The maximum atomic E-state index is 12.8. The molecule has 0 unspecified atom stereocenters. The molecule has 0 spiro atoms. The van der Waals surface area contributed by atoms with E-state index < -0.39 is 10.0 Å². The molecule has 1 fully saturated rings. The Kier molecular flexibility index (Phi) is 5.11. The lowest BCUT2D eigenvalue weighted by molar-refractivity contribution is 0.384. The third-order valence-corrected chi connectivity index (χ3v) is 6.25. The molecule has 0 aromatic heterocycles. The van der Waals surface area contributed by atoms with E-state index in [2.05, 4.69) is 11.5 Å². The molecule has 0 bridgehead atoms. The molecule has 25 heavy (non-hydrogen) atoms. The minimum absolute atomic E-state index is 0.111. The normalized spacial score (nSPS) is 15.9. The summed E-state index contributed by atoms with van der Waals surface area (Å²) in [5.41, 5.74) is 2.16. The first kappa shape index (κ1) is 17.5. The van der Waals surface area contributed by atoms with Gasteiger partial charge in [-0.25, -0.2) is 8.42 Å². The van der Waals surface area contributed by atoms with E-state index in [1.165, 1.54) is 4.31 Å². The second kappa shape index (κ2) is 7.29. The molecule has 0 atom stereocenters. The molecule has 1 aliphatic heterocycles. The number of para-hydroxylation sites is 1. The van der Waals surface area contributed by atoms with E-state index in [1.54, 1.807) is 24.3 Å². The van der Waals surface area contributed by atoms with Gasteiger partial charge in [-0.15, -0.1) is 0 Å². The maximum Gasteiger partial charge on any atom is 0.218 e.